The molecule has 0 spiro atoms. The fourth-order valence-corrected chi connectivity index (χ4v) is 3.26. The minimum Gasteiger partial charge on any atom is -0.403 e. The maximum absolute atomic E-state index is 12.2. The lowest BCUT2D eigenvalue weighted by atomic mass is 10.0. The van der Waals surface area contributed by atoms with Crippen LogP contribution in [0.1, 0.15) is 17.7 Å². The number of hydrogen-bond donors (Lipinski definition) is 0. The van der Waals surface area contributed by atoms with Crippen LogP contribution >= 0.6 is 0 Å². The summed E-state index contributed by atoms with van der Waals surface area (Å²) < 4.78 is 10.7. The first-order valence-corrected chi connectivity index (χ1v) is 8.90. The van der Waals surface area contributed by atoms with Crippen molar-refractivity contribution in [2.24, 2.45) is 0 Å². The van der Waals surface area contributed by atoms with Crippen molar-refractivity contribution in [3.8, 4) is 22.9 Å². The van der Waals surface area contributed by atoms with Gasteiger partial charge in [-0.1, -0.05) is 18.2 Å². The Hall–Kier alpha value is -3.80. The molecule has 5 rings (SSSR count). The molecule has 2 heterocycles. The van der Waals surface area contributed by atoms with Crippen LogP contribution in [0.5, 0.6) is 0 Å². The minimum atomic E-state index is -0.430. The second-order valence-corrected chi connectivity index (χ2v) is 6.51. The van der Waals surface area contributed by atoms with Gasteiger partial charge in [0, 0.05) is 11.1 Å². The fourth-order valence-electron chi connectivity index (χ4n) is 3.26. The Morgan fingerprint density at radius 2 is 1.46 bits per heavy atom. The lowest BCUT2D eigenvalue weighted by molar-refractivity contribution is 0.499. The van der Waals surface area contributed by atoms with Crippen LogP contribution < -0.4 is 11.3 Å². The Kier molecular flexibility index (Phi) is 3.76. The number of rotatable bonds is 2. The Bertz CT molecular complexity index is 1350. The molecule has 2 aromatic carbocycles. The molecule has 0 fully saturated rings. The van der Waals surface area contributed by atoms with Gasteiger partial charge < -0.3 is 8.83 Å². The van der Waals surface area contributed by atoms with Gasteiger partial charge >= 0.3 is 11.3 Å². The molecule has 0 atom stereocenters. The monoisotopic (exact) mass is 370 g/mol. The summed E-state index contributed by atoms with van der Waals surface area (Å²) in [5, 5.41) is 0.442. The first-order valence-electron chi connectivity index (χ1n) is 8.90. The van der Waals surface area contributed by atoms with Crippen LogP contribution in [0.3, 0.4) is 0 Å². The number of aromatic nitrogens is 2. The predicted octanol–water partition coefficient (Wildman–Crippen LogP) is 3.83. The Morgan fingerprint density at radius 3 is 2.25 bits per heavy atom. The molecule has 0 unspecified atom stereocenters. The average Bonchev–Trinajstić information content (AvgIpc) is 2.74. The smallest absolute Gasteiger partial charge is 0.347 e. The van der Waals surface area contributed by atoms with Crippen molar-refractivity contribution in [3.05, 3.63) is 86.7 Å². The molecular formula is C22H14N2O4. The number of benzene rings is 2. The van der Waals surface area contributed by atoms with Gasteiger partial charge in [0.1, 0.15) is 0 Å². The van der Waals surface area contributed by atoms with E-state index in [1.807, 2.05) is 12.1 Å². The summed E-state index contributed by atoms with van der Waals surface area (Å²) in [7, 11) is 0. The molecule has 0 saturated carbocycles. The Balaban J connectivity index is 1.55. The highest BCUT2D eigenvalue weighted by molar-refractivity contribution is 5.78. The van der Waals surface area contributed by atoms with Crippen molar-refractivity contribution in [2.75, 3.05) is 0 Å². The summed E-state index contributed by atoms with van der Waals surface area (Å²) in [5.41, 5.74) is 2.35. The van der Waals surface area contributed by atoms with Gasteiger partial charge in [0.25, 0.3) is 0 Å². The van der Waals surface area contributed by atoms with E-state index in [4.69, 9.17) is 8.83 Å². The van der Waals surface area contributed by atoms with Crippen molar-refractivity contribution in [1.82, 2.24) is 9.97 Å². The van der Waals surface area contributed by atoms with Gasteiger partial charge in [-0.05, 0) is 55.3 Å². The zero-order chi connectivity index (χ0) is 19.1. The molecule has 0 bridgehead atoms. The molecule has 0 N–H and O–H groups in total. The molecule has 1 aliphatic rings. The van der Waals surface area contributed by atoms with Crippen molar-refractivity contribution >= 4 is 17.0 Å². The number of fused-ring (bicyclic) bond motifs is 2. The molecule has 0 aliphatic heterocycles. The number of allylic oxidation sites excluding steroid dienone is 1. The summed E-state index contributed by atoms with van der Waals surface area (Å²) in [6.07, 6.45) is 5.28. The number of aryl methyl sites for hydroxylation is 1. The summed E-state index contributed by atoms with van der Waals surface area (Å²) in [6, 6.07) is 14.1. The largest absolute Gasteiger partial charge is 0.403 e. The highest BCUT2D eigenvalue weighted by Crippen LogP contribution is 2.24. The van der Waals surface area contributed by atoms with Crippen molar-refractivity contribution in [1.29, 1.82) is 0 Å². The van der Waals surface area contributed by atoms with Crippen LogP contribution in [0.25, 0.3) is 39.9 Å². The second-order valence-electron chi connectivity index (χ2n) is 6.51. The molecule has 2 aromatic heterocycles. The van der Waals surface area contributed by atoms with E-state index in [1.165, 1.54) is 0 Å². The van der Waals surface area contributed by atoms with E-state index >= 15 is 0 Å². The third-order valence-corrected chi connectivity index (χ3v) is 4.70. The molecule has 0 radical (unpaired) electrons. The number of hydrogen-bond acceptors (Lipinski definition) is 6. The summed E-state index contributed by atoms with van der Waals surface area (Å²) in [6.45, 7) is 0. The van der Waals surface area contributed by atoms with Gasteiger partial charge in [-0.25, -0.2) is 19.6 Å². The van der Waals surface area contributed by atoms with Gasteiger partial charge in [-0.3, -0.25) is 0 Å². The molecule has 136 valence electrons. The Labute approximate surface area is 158 Å². The summed E-state index contributed by atoms with van der Waals surface area (Å²) >= 11 is 0. The van der Waals surface area contributed by atoms with Crippen LogP contribution in [0.2, 0.25) is 0 Å². The molecule has 0 saturated heterocycles. The third kappa shape index (κ3) is 2.75. The quantitative estimate of drug-likeness (QED) is 0.533. The highest BCUT2D eigenvalue weighted by Gasteiger charge is 2.15. The van der Waals surface area contributed by atoms with Crippen LogP contribution in [0, 0.1) is 0 Å². The number of nitrogens with zero attached hydrogens (tertiary/aromatic N) is 2. The first-order chi connectivity index (χ1) is 13.7. The van der Waals surface area contributed by atoms with Crippen molar-refractivity contribution in [2.45, 2.75) is 12.8 Å². The molecule has 6 nitrogen and oxygen atoms in total. The lowest BCUT2D eigenvalue weighted by Gasteiger charge is -2.09. The standard InChI is InChI=1S/C22H14N2O4/c25-21-15-5-1-3-7-17(15)23-19(27-21)13-9-11-14(12-10-13)20-24-18-8-4-2-6-16(18)22(26)28-20/h1-3,5-7,9-12H,4,8H2. The number of para-hydroxylation sites is 1. The van der Waals surface area contributed by atoms with Gasteiger partial charge in [-0.15, -0.1) is 0 Å². The van der Waals surface area contributed by atoms with Crippen LogP contribution in [-0.4, -0.2) is 9.97 Å². The molecule has 0 amide bonds. The predicted molar refractivity (Wildman–Crippen MR) is 105 cm³/mol. The second kappa shape index (κ2) is 6.42. The van der Waals surface area contributed by atoms with Crippen molar-refractivity contribution < 1.29 is 8.83 Å². The molecule has 1 aliphatic carbocycles. The molecule has 4 aromatic rings. The van der Waals surface area contributed by atoms with Crippen molar-refractivity contribution in [3.63, 3.8) is 0 Å². The maximum Gasteiger partial charge on any atom is 0.347 e. The first kappa shape index (κ1) is 16.4. The Morgan fingerprint density at radius 1 is 0.786 bits per heavy atom. The van der Waals surface area contributed by atoms with E-state index in [1.54, 1.807) is 48.5 Å². The van der Waals surface area contributed by atoms with E-state index in [9.17, 15) is 9.59 Å². The lowest BCUT2D eigenvalue weighted by Crippen LogP contribution is -2.13. The molecule has 28 heavy (non-hydrogen) atoms. The van der Waals surface area contributed by atoms with Gasteiger partial charge in [0.2, 0.25) is 11.8 Å². The van der Waals surface area contributed by atoms with Gasteiger partial charge in [-0.2, -0.15) is 0 Å². The minimum absolute atomic E-state index is 0.236. The molecular weight excluding hydrogens is 356 g/mol. The molecule has 6 heteroatoms. The summed E-state index contributed by atoms with van der Waals surface area (Å²) in [4.78, 5) is 33.3. The van der Waals surface area contributed by atoms with Gasteiger partial charge in [0.15, 0.2) is 0 Å². The van der Waals surface area contributed by atoms with Crippen LogP contribution in [0.4, 0.5) is 0 Å². The fraction of sp³-hybridized carbons (Fsp3) is 0.0909. The topological polar surface area (TPSA) is 86.2 Å². The maximum atomic E-state index is 12.2. The normalized spacial score (nSPS) is 12.9. The van der Waals surface area contributed by atoms with Gasteiger partial charge in [0.05, 0.1) is 22.2 Å². The van der Waals surface area contributed by atoms with Crippen LogP contribution in [0.15, 0.2) is 73.0 Å². The van der Waals surface area contributed by atoms with E-state index in [0.717, 1.165) is 12.1 Å². The van der Waals surface area contributed by atoms with E-state index in [-0.39, 0.29) is 17.4 Å². The average molecular weight is 370 g/mol. The van der Waals surface area contributed by atoms with E-state index in [2.05, 4.69) is 9.97 Å². The highest BCUT2D eigenvalue weighted by atomic mass is 16.4. The van der Waals surface area contributed by atoms with E-state index in [0.29, 0.717) is 34.0 Å². The van der Waals surface area contributed by atoms with Crippen LogP contribution in [-0.2, 0) is 6.42 Å². The SMILES string of the molecule is O=c1oc(-c2ccc(-c3nc4ccccc4c(=O)o3)cc2)nc2c1C=CCC2. The zero-order valence-corrected chi connectivity index (χ0v) is 14.7. The summed E-state index contributed by atoms with van der Waals surface area (Å²) in [5.74, 6) is 0.513. The third-order valence-electron chi connectivity index (χ3n) is 4.70. The zero-order valence-electron chi connectivity index (χ0n) is 14.7. The van der Waals surface area contributed by atoms with E-state index < -0.39 is 5.63 Å².